The minimum Gasteiger partial charge on any atom is -0.309 e. The van der Waals surface area contributed by atoms with Gasteiger partial charge in [-0.15, -0.1) is 22.7 Å². The van der Waals surface area contributed by atoms with Gasteiger partial charge in [-0.25, -0.2) is 0 Å². The summed E-state index contributed by atoms with van der Waals surface area (Å²) in [5.74, 6) is 0. The summed E-state index contributed by atoms with van der Waals surface area (Å²) >= 11 is 3.76. The summed E-state index contributed by atoms with van der Waals surface area (Å²) in [6.07, 6.45) is 0. The molecule has 106 heavy (non-hydrogen) atoms. The zero-order valence-corrected chi connectivity index (χ0v) is 59.3. The molecule has 17 aromatic carbocycles. The van der Waals surface area contributed by atoms with Crippen molar-refractivity contribution in [2.45, 2.75) is 0 Å². The van der Waals surface area contributed by atoms with E-state index < -0.39 is 0 Å². The molecule has 0 amide bonds. The van der Waals surface area contributed by atoms with E-state index in [0.29, 0.717) is 0 Å². The number of hydrogen-bond donors (Lipinski definition) is 0. The van der Waals surface area contributed by atoms with Crippen LogP contribution in [-0.4, -0.2) is 9.13 Å². The van der Waals surface area contributed by atoms with Gasteiger partial charge in [0.15, 0.2) is 0 Å². The molecule has 4 heteroatoms. The maximum atomic E-state index is 2.47. The number of rotatable bonds is 12. The van der Waals surface area contributed by atoms with Crippen molar-refractivity contribution in [3.05, 3.63) is 388 Å². The van der Waals surface area contributed by atoms with E-state index in [2.05, 4.69) is 397 Å². The van der Waals surface area contributed by atoms with E-state index in [9.17, 15) is 0 Å². The molecule has 0 aliphatic carbocycles. The normalized spacial score (nSPS) is 11.8. The summed E-state index contributed by atoms with van der Waals surface area (Å²) in [5, 5.41) is 9.98. The highest BCUT2D eigenvalue weighted by atomic mass is 32.1. The maximum Gasteiger partial charge on any atom is 0.0541 e. The van der Waals surface area contributed by atoms with Gasteiger partial charge in [-0.1, -0.05) is 261 Å². The van der Waals surface area contributed by atoms with Crippen LogP contribution in [0.4, 0.5) is 0 Å². The predicted molar refractivity (Wildman–Crippen MR) is 455 cm³/mol. The largest absolute Gasteiger partial charge is 0.309 e. The van der Waals surface area contributed by atoms with Crippen LogP contribution in [0.3, 0.4) is 0 Å². The first-order valence-electron chi connectivity index (χ1n) is 36.3. The molecule has 0 saturated heterocycles. The van der Waals surface area contributed by atoms with E-state index in [1.54, 1.807) is 0 Å². The summed E-state index contributed by atoms with van der Waals surface area (Å²) < 4.78 is 9.96. The minimum atomic E-state index is 1.12. The Morgan fingerprint density at radius 3 is 1.03 bits per heavy atom. The fourth-order valence-corrected chi connectivity index (χ4v) is 18.8. The molecule has 4 aromatic heterocycles. The van der Waals surface area contributed by atoms with Crippen LogP contribution < -0.4 is 0 Å². The number of fused-ring (bicyclic) bond motifs is 12. The molecule has 0 bridgehead atoms. The second-order valence-electron chi connectivity index (χ2n) is 27.9. The summed E-state index contributed by atoms with van der Waals surface area (Å²) in [7, 11) is 0. The van der Waals surface area contributed by atoms with Crippen molar-refractivity contribution >= 4 is 107 Å². The number of hydrogen-bond acceptors (Lipinski definition) is 2. The van der Waals surface area contributed by atoms with Crippen LogP contribution in [0.1, 0.15) is 0 Å². The first kappa shape index (κ1) is 61.4. The van der Waals surface area contributed by atoms with Crippen molar-refractivity contribution in [3.8, 4) is 123 Å². The molecule has 0 unspecified atom stereocenters. The molecule has 0 aliphatic rings. The number of thiophene rings is 2. The first-order chi connectivity index (χ1) is 52.5. The lowest BCUT2D eigenvalue weighted by molar-refractivity contribution is 1.18. The number of aromatic nitrogens is 2. The van der Waals surface area contributed by atoms with Crippen LogP contribution in [0, 0.1) is 0 Å². The summed E-state index contributed by atoms with van der Waals surface area (Å²) in [5.41, 5.74) is 30.9. The van der Waals surface area contributed by atoms with Gasteiger partial charge in [0.2, 0.25) is 0 Å². The lowest BCUT2D eigenvalue weighted by Gasteiger charge is -2.19. The van der Waals surface area contributed by atoms with Gasteiger partial charge in [-0.05, 0) is 239 Å². The van der Waals surface area contributed by atoms with Gasteiger partial charge in [0.1, 0.15) is 0 Å². The van der Waals surface area contributed by atoms with Crippen LogP contribution in [0.5, 0.6) is 0 Å². The van der Waals surface area contributed by atoms with E-state index in [1.807, 2.05) is 22.7 Å². The van der Waals surface area contributed by atoms with E-state index in [0.717, 1.165) is 33.5 Å². The van der Waals surface area contributed by atoms with Crippen molar-refractivity contribution in [3.63, 3.8) is 0 Å². The van der Waals surface area contributed by atoms with Gasteiger partial charge in [-0.3, -0.25) is 0 Å². The fourth-order valence-electron chi connectivity index (χ4n) is 16.6. The highest BCUT2D eigenvalue weighted by Crippen LogP contribution is 2.52. The minimum absolute atomic E-state index is 1.12. The van der Waals surface area contributed by atoms with Gasteiger partial charge in [0.05, 0.1) is 22.1 Å². The van der Waals surface area contributed by atoms with Crippen molar-refractivity contribution in [1.29, 1.82) is 0 Å². The Balaban J connectivity index is 0.698. The third-order valence-corrected chi connectivity index (χ3v) is 24.0. The first-order valence-corrected chi connectivity index (χ1v) is 38.0. The molecular weight excluding hydrogens is 1320 g/mol. The van der Waals surface area contributed by atoms with Gasteiger partial charge < -0.3 is 9.13 Å². The Kier molecular flexibility index (Phi) is 14.7. The van der Waals surface area contributed by atoms with Crippen molar-refractivity contribution in [1.82, 2.24) is 9.13 Å². The molecule has 0 saturated carbocycles. The number of para-hydroxylation sites is 2. The highest BCUT2D eigenvalue weighted by Gasteiger charge is 2.24. The second-order valence-corrected chi connectivity index (χ2v) is 30.0. The average molecular weight is 1380 g/mol. The summed E-state index contributed by atoms with van der Waals surface area (Å²) in [4.78, 5) is 0. The zero-order chi connectivity index (χ0) is 69.8. The van der Waals surface area contributed by atoms with E-state index in [-0.39, 0.29) is 0 Å². The molecule has 0 fully saturated rings. The fraction of sp³-hybridized carbons (Fsp3) is 0. The third-order valence-electron chi connectivity index (χ3n) is 21.7. The lowest BCUT2D eigenvalue weighted by Crippen LogP contribution is -1.94. The topological polar surface area (TPSA) is 9.86 Å². The van der Waals surface area contributed by atoms with Crippen LogP contribution >= 0.6 is 22.7 Å². The lowest BCUT2D eigenvalue weighted by atomic mass is 9.84. The van der Waals surface area contributed by atoms with Crippen molar-refractivity contribution in [2.75, 3.05) is 0 Å². The van der Waals surface area contributed by atoms with E-state index in [1.165, 1.54) is 173 Å². The highest BCUT2D eigenvalue weighted by molar-refractivity contribution is 7.26. The summed E-state index contributed by atoms with van der Waals surface area (Å²) in [6.45, 7) is 0. The monoisotopic (exact) mass is 1380 g/mol. The van der Waals surface area contributed by atoms with Crippen LogP contribution in [0.15, 0.2) is 388 Å². The molecular formula is C102H64N2S2. The number of nitrogens with zero attached hydrogens (tertiary/aromatic N) is 2. The van der Waals surface area contributed by atoms with Gasteiger partial charge in [-0.2, -0.15) is 0 Å². The molecule has 21 rings (SSSR count). The molecule has 0 atom stereocenters. The molecule has 0 radical (unpaired) electrons. The molecule has 0 aliphatic heterocycles. The molecule has 21 aromatic rings. The Labute approximate surface area is 622 Å². The third kappa shape index (κ3) is 10.5. The zero-order valence-electron chi connectivity index (χ0n) is 57.7. The van der Waals surface area contributed by atoms with Gasteiger partial charge >= 0.3 is 0 Å². The smallest absolute Gasteiger partial charge is 0.0541 e. The van der Waals surface area contributed by atoms with Gasteiger partial charge in [0, 0.05) is 73.3 Å². The Morgan fingerprint density at radius 2 is 0.481 bits per heavy atom. The van der Waals surface area contributed by atoms with E-state index >= 15 is 0 Å². The van der Waals surface area contributed by atoms with Gasteiger partial charge in [0.25, 0.3) is 0 Å². The van der Waals surface area contributed by atoms with Crippen molar-refractivity contribution < 1.29 is 0 Å². The maximum absolute atomic E-state index is 2.47. The summed E-state index contributed by atoms with van der Waals surface area (Å²) in [6, 6.07) is 144. The molecule has 0 spiro atoms. The van der Waals surface area contributed by atoms with Crippen LogP contribution in [-0.2, 0) is 0 Å². The second kappa shape index (κ2) is 25.3. The predicted octanol–water partition coefficient (Wildman–Crippen LogP) is 29.3. The molecule has 494 valence electrons. The molecule has 0 N–H and O–H groups in total. The number of benzene rings is 17. The van der Waals surface area contributed by atoms with Crippen LogP contribution in [0.25, 0.3) is 207 Å². The van der Waals surface area contributed by atoms with E-state index in [4.69, 9.17) is 0 Å². The Morgan fingerprint density at radius 1 is 0.160 bits per heavy atom. The Hall–Kier alpha value is -13.2. The van der Waals surface area contributed by atoms with Crippen molar-refractivity contribution in [2.24, 2.45) is 0 Å². The van der Waals surface area contributed by atoms with Crippen LogP contribution in [0.2, 0.25) is 0 Å². The molecule has 4 heterocycles. The Bertz CT molecular complexity index is 6950. The standard InChI is InChI=1S/C102H64N2S2/c1-7-22-65(23-8-1)72-32-21-35-83(57-72)104-94-48-42-73(58-87(94)88-60-75(44-50-95(88)104)76-45-51-96-89(61-76)90-62-78(47-52-97(90)105-96)81-55-79(66-24-9-2-10-25-66)54-80(56-81)67-26-11-3-12-27-67)68-38-40-71(41-39-68)100-85(69-28-13-4-14-29-69)64-99-102(101(100)70-30-15-5-16-31-70)91-63-77(46-53-98(91)106-99)74-43-49-93-86(59-74)84-36-19-20-37-92(84)103(93)82-33-17-6-18-34-82/h1-64H. The quantitative estimate of drug-likeness (QED) is 0.115. The average Bonchev–Trinajstić information content (AvgIpc) is 1.53. The SMILES string of the molecule is c1ccc(-c2cc(-c3ccccc3)cc(-c3ccc4sc5ccc(-c6ccc7c(c6)c6cc(-c8ccc(-c9c(-c%10ccccc%10)cc%10sc%11ccc(-c%12ccc%13c(c%12)c%12ccccc%12n%13-c%12ccccc%12)cc%11c%10c9-c9ccccc9)cc8)ccc6n7-c6cccc(-c7ccccc7)c6)cc5c4c3)c2)cc1. The molecule has 2 nitrogen and oxygen atoms in total.